The zero-order valence-corrected chi connectivity index (χ0v) is 15.9. The normalized spacial score (nSPS) is 44.3. The molecule has 5 atom stereocenters. The van der Waals surface area contributed by atoms with E-state index in [0.717, 1.165) is 29.7 Å². The Morgan fingerprint density at radius 3 is 2.48 bits per heavy atom. The molecule has 0 aromatic rings. The summed E-state index contributed by atoms with van der Waals surface area (Å²) in [5.74, 6) is 3.16. The summed E-state index contributed by atoms with van der Waals surface area (Å²) in [5, 5.41) is 0. The second-order valence-electron chi connectivity index (χ2n) is 9.16. The Kier molecular flexibility index (Phi) is 4.28. The van der Waals surface area contributed by atoms with Crippen LogP contribution in [0.1, 0.15) is 73.1 Å². The molecule has 0 heterocycles. The molecular weight excluding hydrogens is 284 g/mol. The topological polar surface area (TPSA) is 26.3 Å². The lowest BCUT2D eigenvalue weighted by atomic mass is 9.62. The average molecular weight is 319 g/mol. The third kappa shape index (κ3) is 2.44. The lowest BCUT2D eigenvalue weighted by Crippen LogP contribution is -2.44. The number of rotatable bonds is 2. The number of carbonyl (C=O) groups excluding carboxylic acids is 1. The minimum atomic E-state index is -0.314. The highest BCUT2D eigenvalue weighted by Crippen LogP contribution is 2.60. The summed E-state index contributed by atoms with van der Waals surface area (Å²) in [6, 6.07) is 0. The van der Waals surface area contributed by atoms with Crippen LogP contribution in [0, 0.1) is 29.1 Å². The summed E-state index contributed by atoms with van der Waals surface area (Å²) in [7, 11) is 1.81. The molecule has 0 N–H and O–H groups in total. The molecule has 0 bridgehead atoms. The standard InChI is InChI=1S/C21H34O2/c1-13(2)16-9-10-20(5)11-18-15(4)19(22)12-21(18,23-6)14(3)7-8-17(16)20/h13-14,16-17H,7-12H2,1-6H3/t14-,16+,17-,20+,21?/m0/s1. The van der Waals surface area contributed by atoms with Gasteiger partial charge in [-0.25, -0.2) is 0 Å². The summed E-state index contributed by atoms with van der Waals surface area (Å²) in [6.45, 7) is 11.6. The van der Waals surface area contributed by atoms with Gasteiger partial charge in [0.2, 0.25) is 0 Å². The fourth-order valence-electron chi connectivity index (χ4n) is 6.16. The van der Waals surface area contributed by atoms with Gasteiger partial charge < -0.3 is 4.74 Å². The van der Waals surface area contributed by atoms with Crippen LogP contribution in [0.4, 0.5) is 0 Å². The van der Waals surface area contributed by atoms with E-state index in [9.17, 15) is 4.79 Å². The van der Waals surface area contributed by atoms with E-state index in [-0.39, 0.29) is 5.60 Å². The molecule has 2 fully saturated rings. The summed E-state index contributed by atoms with van der Waals surface area (Å²) >= 11 is 0. The predicted octanol–water partition coefficient (Wildman–Crippen LogP) is 5.17. The first-order valence-electron chi connectivity index (χ1n) is 9.54. The van der Waals surface area contributed by atoms with E-state index >= 15 is 0 Å². The molecule has 2 heteroatoms. The van der Waals surface area contributed by atoms with Gasteiger partial charge in [0, 0.05) is 13.5 Å². The minimum Gasteiger partial charge on any atom is -0.373 e. The number of Topliss-reactive ketones (excluding diaryl/α,β-unsaturated/α-hetero) is 1. The fraction of sp³-hybridized carbons (Fsp3) is 0.857. The van der Waals surface area contributed by atoms with Crippen molar-refractivity contribution < 1.29 is 9.53 Å². The zero-order valence-electron chi connectivity index (χ0n) is 15.9. The number of carbonyl (C=O) groups is 1. The lowest BCUT2D eigenvalue weighted by Gasteiger charge is -2.46. The lowest BCUT2D eigenvalue weighted by molar-refractivity contribution is -0.120. The van der Waals surface area contributed by atoms with Gasteiger partial charge in [0.05, 0.1) is 5.60 Å². The molecule has 0 aromatic heterocycles. The Morgan fingerprint density at radius 1 is 1.17 bits per heavy atom. The summed E-state index contributed by atoms with van der Waals surface area (Å²) in [4.78, 5) is 12.5. The Labute approximate surface area is 142 Å². The zero-order chi connectivity index (χ0) is 17.0. The van der Waals surface area contributed by atoms with Gasteiger partial charge in [-0.3, -0.25) is 4.79 Å². The predicted molar refractivity (Wildman–Crippen MR) is 94.2 cm³/mol. The second-order valence-corrected chi connectivity index (χ2v) is 9.16. The molecule has 23 heavy (non-hydrogen) atoms. The quantitative estimate of drug-likeness (QED) is 0.702. The van der Waals surface area contributed by atoms with Crippen molar-refractivity contribution in [3.63, 3.8) is 0 Å². The molecule has 130 valence electrons. The van der Waals surface area contributed by atoms with Crippen LogP contribution in [0.3, 0.4) is 0 Å². The molecule has 3 aliphatic rings. The van der Waals surface area contributed by atoms with Crippen molar-refractivity contribution in [2.24, 2.45) is 29.1 Å². The molecule has 1 unspecified atom stereocenters. The van der Waals surface area contributed by atoms with E-state index in [1.54, 1.807) is 0 Å². The first-order chi connectivity index (χ1) is 10.7. The van der Waals surface area contributed by atoms with Crippen molar-refractivity contribution in [1.82, 2.24) is 0 Å². The molecule has 0 aliphatic heterocycles. The number of ketones is 1. The van der Waals surface area contributed by atoms with Crippen LogP contribution in [0.2, 0.25) is 0 Å². The molecule has 0 spiro atoms. The number of ether oxygens (including phenoxy) is 1. The summed E-state index contributed by atoms with van der Waals surface area (Å²) in [5.41, 5.74) is 2.38. The molecule has 0 radical (unpaired) electrons. The van der Waals surface area contributed by atoms with Gasteiger partial charge >= 0.3 is 0 Å². The van der Waals surface area contributed by atoms with Crippen LogP contribution in [-0.4, -0.2) is 18.5 Å². The third-order valence-electron chi connectivity index (χ3n) is 7.77. The maximum absolute atomic E-state index is 12.5. The van der Waals surface area contributed by atoms with Crippen molar-refractivity contribution in [1.29, 1.82) is 0 Å². The van der Waals surface area contributed by atoms with Crippen LogP contribution in [-0.2, 0) is 9.53 Å². The minimum absolute atomic E-state index is 0.314. The van der Waals surface area contributed by atoms with E-state index in [2.05, 4.69) is 27.7 Å². The van der Waals surface area contributed by atoms with Crippen LogP contribution in [0.5, 0.6) is 0 Å². The molecule has 0 amide bonds. The number of hydrogen-bond acceptors (Lipinski definition) is 2. The number of fused-ring (bicyclic) bond motifs is 2. The Morgan fingerprint density at radius 2 is 1.87 bits per heavy atom. The van der Waals surface area contributed by atoms with Crippen molar-refractivity contribution in [2.45, 2.75) is 78.7 Å². The van der Waals surface area contributed by atoms with Gasteiger partial charge in [-0.05, 0) is 79.3 Å². The van der Waals surface area contributed by atoms with Crippen LogP contribution in [0.25, 0.3) is 0 Å². The molecule has 3 aliphatic carbocycles. The molecular formula is C21H34O2. The van der Waals surface area contributed by atoms with Crippen molar-refractivity contribution in [2.75, 3.05) is 7.11 Å². The fourth-order valence-corrected chi connectivity index (χ4v) is 6.16. The van der Waals surface area contributed by atoms with Gasteiger partial charge in [-0.2, -0.15) is 0 Å². The van der Waals surface area contributed by atoms with Crippen molar-refractivity contribution >= 4 is 5.78 Å². The van der Waals surface area contributed by atoms with E-state index < -0.39 is 0 Å². The maximum Gasteiger partial charge on any atom is 0.161 e. The number of allylic oxidation sites excluding steroid dienone is 1. The van der Waals surface area contributed by atoms with Gasteiger partial charge in [-0.1, -0.05) is 27.7 Å². The van der Waals surface area contributed by atoms with E-state index in [4.69, 9.17) is 4.74 Å². The van der Waals surface area contributed by atoms with Gasteiger partial charge in [0.15, 0.2) is 5.78 Å². The number of methoxy groups -OCH3 is 1. The van der Waals surface area contributed by atoms with Gasteiger partial charge in [0.25, 0.3) is 0 Å². The van der Waals surface area contributed by atoms with E-state index in [0.29, 0.717) is 23.5 Å². The second kappa shape index (κ2) is 5.72. The first-order valence-corrected chi connectivity index (χ1v) is 9.54. The highest BCUT2D eigenvalue weighted by molar-refractivity contribution is 6.00. The number of hydrogen-bond donors (Lipinski definition) is 0. The largest absolute Gasteiger partial charge is 0.373 e. The smallest absolute Gasteiger partial charge is 0.161 e. The molecule has 2 nitrogen and oxygen atoms in total. The maximum atomic E-state index is 12.5. The molecule has 3 rings (SSSR count). The van der Waals surface area contributed by atoms with Crippen molar-refractivity contribution in [3.05, 3.63) is 11.1 Å². The summed E-state index contributed by atoms with van der Waals surface area (Å²) in [6.07, 6.45) is 6.78. The summed E-state index contributed by atoms with van der Waals surface area (Å²) < 4.78 is 6.08. The molecule has 2 saturated carbocycles. The third-order valence-corrected chi connectivity index (χ3v) is 7.77. The highest BCUT2D eigenvalue weighted by Gasteiger charge is 2.55. The van der Waals surface area contributed by atoms with E-state index in [1.165, 1.54) is 31.3 Å². The van der Waals surface area contributed by atoms with Gasteiger partial charge in [0.1, 0.15) is 0 Å². The van der Waals surface area contributed by atoms with Crippen LogP contribution >= 0.6 is 0 Å². The Balaban J connectivity index is 2.03. The average Bonchev–Trinajstić information content (AvgIpc) is 2.94. The molecule has 0 aromatic carbocycles. The Bertz CT molecular complexity index is 532. The first kappa shape index (κ1) is 17.2. The van der Waals surface area contributed by atoms with Crippen LogP contribution in [0.15, 0.2) is 11.1 Å². The highest BCUT2D eigenvalue weighted by atomic mass is 16.5. The molecule has 0 saturated heterocycles. The monoisotopic (exact) mass is 318 g/mol. The van der Waals surface area contributed by atoms with Crippen molar-refractivity contribution in [3.8, 4) is 0 Å². The Hall–Kier alpha value is -0.630. The SMILES string of the molecule is COC12CC(=O)C(C)=C1C[C@@]1(C)CC[C@H](C(C)C)[C@@H]1CC[C@@H]2C. The van der Waals surface area contributed by atoms with Crippen LogP contribution < -0.4 is 0 Å². The van der Waals surface area contributed by atoms with Gasteiger partial charge in [-0.15, -0.1) is 0 Å². The van der Waals surface area contributed by atoms with E-state index in [1.807, 2.05) is 14.0 Å².